The fourth-order valence-corrected chi connectivity index (χ4v) is 13.5. The minimum Gasteiger partial charge on any atom is -0.478 e. The Balaban J connectivity index is 0.000000995. The fourth-order valence-electron chi connectivity index (χ4n) is 13.5. The van der Waals surface area contributed by atoms with Crippen LogP contribution in [-0.2, 0) is 4.79 Å². The molecular formula is C46H73N3O3. The van der Waals surface area contributed by atoms with Gasteiger partial charge in [0.05, 0.1) is 12.1 Å². The van der Waals surface area contributed by atoms with E-state index in [4.69, 9.17) is 0 Å². The number of nitrogens with zero attached hydrogens (tertiary/aromatic N) is 1. The zero-order valence-electron chi connectivity index (χ0n) is 34.2. The number of nitrogens with one attached hydrogen (secondary N) is 2. The molecular weight excluding hydrogens is 643 g/mol. The summed E-state index contributed by atoms with van der Waals surface area (Å²) in [6.45, 7) is 27.9. The number of carboxylic acids is 1. The normalized spacial score (nSPS) is 37.5. The molecule has 4 saturated carbocycles. The number of aromatic carboxylic acids is 1. The molecule has 1 aliphatic heterocycles. The summed E-state index contributed by atoms with van der Waals surface area (Å²) in [6.07, 6.45) is 19.0. The number of amides is 1. The molecule has 6 heteroatoms. The molecule has 0 spiro atoms. The molecule has 52 heavy (non-hydrogen) atoms. The summed E-state index contributed by atoms with van der Waals surface area (Å²) < 4.78 is 0. The predicted octanol–water partition coefficient (Wildman–Crippen LogP) is 9.86. The number of benzene rings is 1. The monoisotopic (exact) mass is 716 g/mol. The van der Waals surface area contributed by atoms with E-state index < -0.39 is 5.97 Å². The summed E-state index contributed by atoms with van der Waals surface area (Å²) in [5.74, 6) is 2.38. The molecule has 0 radical (unpaired) electrons. The average molecular weight is 716 g/mol. The van der Waals surface area contributed by atoms with E-state index in [-0.39, 0.29) is 16.7 Å². The van der Waals surface area contributed by atoms with Gasteiger partial charge >= 0.3 is 5.97 Å². The van der Waals surface area contributed by atoms with Crippen molar-refractivity contribution in [3.63, 3.8) is 0 Å². The van der Waals surface area contributed by atoms with Crippen molar-refractivity contribution in [2.75, 3.05) is 39.3 Å². The number of hydrogen-bond donors (Lipinski definition) is 3. The van der Waals surface area contributed by atoms with Gasteiger partial charge in [0.1, 0.15) is 0 Å². The van der Waals surface area contributed by atoms with Gasteiger partial charge in [-0.05, 0) is 158 Å². The highest BCUT2D eigenvalue weighted by molar-refractivity contribution is 5.88. The Kier molecular flexibility index (Phi) is 12.6. The largest absolute Gasteiger partial charge is 0.478 e. The van der Waals surface area contributed by atoms with E-state index in [1.807, 2.05) is 32.9 Å². The maximum atomic E-state index is 11.8. The maximum Gasteiger partial charge on any atom is 0.335 e. The second kappa shape index (κ2) is 16.1. The van der Waals surface area contributed by atoms with Gasteiger partial charge < -0.3 is 15.7 Å². The zero-order chi connectivity index (χ0) is 38.0. The Morgan fingerprint density at radius 3 is 2.35 bits per heavy atom. The quantitative estimate of drug-likeness (QED) is 0.185. The Morgan fingerprint density at radius 1 is 0.962 bits per heavy atom. The van der Waals surface area contributed by atoms with Crippen molar-refractivity contribution in [2.45, 2.75) is 126 Å². The van der Waals surface area contributed by atoms with Crippen LogP contribution in [0.5, 0.6) is 0 Å². The molecule has 8 atom stereocenters. The standard InChI is InChI=1S/C41H61N3O3.C3H6.C2H6/c1-37(2)30(28-9-11-29(12-10-28)36(46)47)15-18-38(3)33(37)16-19-40(5)34(38)14-13-31-32-8-6-17-41(32,21-20-39(31,40)4)27-42-22-7-24-44-25-23-43-35(45)26-44;1-3-2;1-2/h9-12,15,31-34,42H,6-8,13-14,16-27H2,1-5H3,(H,43,45)(H,46,47);3H,1H2,2H3;1-2H3/t31?,32?,33?,34?,38?,39-,40?,41?;;/m1../s1. The van der Waals surface area contributed by atoms with Crippen LogP contribution in [0.2, 0.25) is 0 Å². The molecule has 7 rings (SSSR count). The van der Waals surface area contributed by atoms with Crippen molar-refractivity contribution in [1.29, 1.82) is 0 Å². The van der Waals surface area contributed by atoms with Crippen LogP contribution in [0.15, 0.2) is 43.0 Å². The number of carbonyl (C=O) groups is 2. The topological polar surface area (TPSA) is 81.7 Å². The molecule has 1 amide bonds. The van der Waals surface area contributed by atoms with E-state index in [2.05, 4.69) is 62.8 Å². The van der Waals surface area contributed by atoms with Gasteiger partial charge in [0.15, 0.2) is 0 Å². The van der Waals surface area contributed by atoms with Gasteiger partial charge in [0.2, 0.25) is 5.91 Å². The summed E-state index contributed by atoms with van der Waals surface area (Å²) in [7, 11) is 0. The molecule has 1 heterocycles. The Labute approximate surface area is 317 Å². The van der Waals surface area contributed by atoms with Crippen molar-refractivity contribution < 1.29 is 14.7 Å². The molecule has 5 fully saturated rings. The fraction of sp³-hybridized carbons (Fsp3) is 0.739. The van der Waals surface area contributed by atoms with Gasteiger partial charge in [-0.3, -0.25) is 9.69 Å². The van der Waals surface area contributed by atoms with Crippen molar-refractivity contribution in [3.8, 4) is 0 Å². The van der Waals surface area contributed by atoms with Crippen LogP contribution in [0.25, 0.3) is 5.57 Å². The molecule has 1 aromatic rings. The average Bonchev–Trinajstić information content (AvgIpc) is 3.54. The van der Waals surface area contributed by atoms with Crippen molar-refractivity contribution >= 4 is 17.4 Å². The maximum absolute atomic E-state index is 11.8. The van der Waals surface area contributed by atoms with E-state index in [9.17, 15) is 14.7 Å². The van der Waals surface area contributed by atoms with Gasteiger partial charge in [-0.1, -0.05) is 79.2 Å². The van der Waals surface area contributed by atoms with E-state index in [0.717, 1.165) is 56.8 Å². The summed E-state index contributed by atoms with van der Waals surface area (Å²) in [5.41, 5.74) is 4.56. The first-order valence-electron chi connectivity index (χ1n) is 21.1. The van der Waals surface area contributed by atoms with Gasteiger partial charge in [-0.25, -0.2) is 4.79 Å². The number of carbonyl (C=O) groups excluding carboxylic acids is 1. The number of carboxylic acid groups (broad SMARTS) is 1. The van der Waals surface area contributed by atoms with Crippen LogP contribution in [0.1, 0.15) is 142 Å². The van der Waals surface area contributed by atoms with Crippen molar-refractivity contribution in [1.82, 2.24) is 15.5 Å². The van der Waals surface area contributed by atoms with E-state index in [1.165, 1.54) is 75.5 Å². The van der Waals surface area contributed by atoms with Crippen LogP contribution in [0.4, 0.5) is 0 Å². The van der Waals surface area contributed by atoms with Crippen LogP contribution >= 0.6 is 0 Å². The smallest absolute Gasteiger partial charge is 0.335 e. The van der Waals surface area contributed by atoms with Gasteiger partial charge in [-0.2, -0.15) is 0 Å². The molecule has 5 aliphatic carbocycles. The lowest BCUT2D eigenvalue weighted by Gasteiger charge is -2.72. The van der Waals surface area contributed by atoms with Gasteiger partial charge in [0.25, 0.3) is 0 Å². The van der Waals surface area contributed by atoms with E-state index in [0.29, 0.717) is 34.3 Å². The molecule has 0 bridgehead atoms. The van der Waals surface area contributed by atoms with Crippen LogP contribution < -0.4 is 10.6 Å². The minimum atomic E-state index is -0.855. The number of allylic oxidation sites excluding steroid dienone is 3. The minimum absolute atomic E-state index is 0.0517. The third kappa shape index (κ3) is 7.09. The Bertz CT molecular complexity index is 1450. The summed E-state index contributed by atoms with van der Waals surface area (Å²) in [5, 5.41) is 16.4. The summed E-state index contributed by atoms with van der Waals surface area (Å²) in [6, 6.07) is 7.64. The molecule has 3 N–H and O–H groups in total. The molecule has 0 aromatic heterocycles. The van der Waals surface area contributed by atoms with Crippen molar-refractivity contribution in [3.05, 3.63) is 54.1 Å². The first-order valence-corrected chi connectivity index (χ1v) is 21.1. The summed E-state index contributed by atoms with van der Waals surface area (Å²) in [4.78, 5) is 25.6. The number of rotatable bonds is 8. The lowest BCUT2D eigenvalue weighted by atomic mass is 9.32. The third-order valence-electron chi connectivity index (χ3n) is 16.0. The number of hydrogen-bond acceptors (Lipinski definition) is 4. The highest BCUT2D eigenvalue weighted by Crippen LogP contribution is 2.77. The zero-order valence-corrected chi connectivity index (χ0v) is 34.2. The summed E-state index contributed by atoms with van der Waals surface area (Å²) >= 11 is 0. The molecule has 6 nitrogen and oxygen atoms in total. The Hall–Kier alpha value is -2.44. The van der Waals surface area contributed by atoms with Crippen LogP contribution in [-0.4, -0.2) is 61.2 Å². The lowest BCUT2D eigenvalue weighted by molar-refractivity contribution is -0.222. The highest BCUT2D eigenvalue weighted by Gasteiger charge is 2.69. The van der Waals surface area contributed by atoms with Crippen molar-refractivity contribution in [2.24, 2.45) is 50.7 Å². The van der Waals surface area contributed by atoms with Crippen LogP contribution in [0, 0.1) is 50.7 Å². The Morgan fingerprint density at radius 2 is 1.67 bits per heavy atom. The molecule has 7 unspecified atom stereocenters. The SMILES string of the molecule is C=CC.CC.CC1(C)C(c2ccc(C(=O)O)cc2)=CCC2(C)C1CCC1(C)C2CCC2C3CCCC3(CNCCCN3CCNC(=O)C3)CC[C@]21C. The highest BCUT2D eigenvalue weighted by atomic mass is 16.4. The first-order chi connectivity index (χ1) is 24.8. The second-order valence-corrected chi connectivity index (χ2v) is 18.5. The van der Waals surface area contributed by atoms with E-state index >= 15 is 0 Å². The predicted molar refractivity (Wildman–Crippen MR) is 216 cm³/mol. The number of fused-ring (bicyclic) bond motifs is 7. The number of piperazine rings is 1. The molecule has 1 aromatic carbocycles. The van der Waals surface area contributed by atoms with Crippen LogP contribution in [0.3, 0.4) is 0 Å². The van der Waals surface area contributed by atoms with Gasteiger partial charge in [0, 0.05) is 19.6 Å². The third-order valence-corrected chi connectivity index (χ3v) is 16.0. The molecule has 6 aliphatic rings. The second-order valence-electron chi connectivity index (χ2n) is 18.5. The first kappa shape index (κ1) is 40.7. The molecule has 1 saturated heterocycles. The lowest BCUT2D eigenvalue weighted by Crippen LogP contribution is -2.65. The van der Waals surface area contributed by atoms with Gasteiger partial charge in [-0.15, -0.1) is 6.58 Å². The van der Waals surface area contributed by atoms with E-state index in [1.54, 1.807) is 18.2 Å². The molecule has 290 valence electrons.